The summed E-state index contributed by atoms with van der Waals surface area (Å²) in [5.74, 6) is -1.13. The minimum Gasteiger partial charge on any atom is -0.495 e. The lowest BCUT2D eigenvalue weighted by Gasteiger charge is -2.11. The first-order chi connectivity index (χ1) is 10.0. The highest BCUT2D eigenvalue weighted by Crippen LogP contribution is 2.26. The van der Waals surface area contributed by atoms with Gasteiger partial charge in [0.05, 0.1) is 18.4 Å². The van der Waals surface area contributed by atoms with Crippen LogP contribution in [0, 0.1) is 6.92 Å². The molecule has 1 aromatic carbocycles. The van der Waals surface area contributed by atoms with Gasteiger partial charge in [-0.15, -0.1) is 0 Å². The Morgan fingerprint density at radius 1 is 1.29 bits per heavy atom. The smallest absolute Gasteiger partial charge is 0.335 e. The largest absolute Gasteiger partial charge is 0.495 e. The number of amides is 1. The van der Waals surface area contributed by atoms with E-state index in [9.17, 15) is 9.59 Å². The molecule has 2 rings (SSSR count). The van der Waals surface area contributed by atoms with Crippen molar-refractivity contribution in [2.24, 2.45) is 0 Å². The van der Waals surface area contributed by atoms with Crippen LogP contribution >= 0.6 is 0 Å². The Hall–Kier alpha value is -2.89. The van der Waals surface area contributed by atoms with Crippen LogP contribution in [-0.4, -0.2) is 29.1 Å². The van der Waals surface area contributed by atoms with Gasteiger partial charge in [-0.05, 0) is 36.8 Å². The fourth-order valence-corrected chi connectivity index (χ4v) is 1.84. The number of carboxylic acid groups (broad SMARTS) is 1. The minimum atomic E-state index is -1.08. The molecule has 1 amide bonds. The number of methoxy groups -OCH3 is 1. The van der Waals surface area contributed by atoms with Gasteiger partial charge in [-0.25, -0.2) is 4.79 Å². The normalized spacial score (nSPS) is 10.0. The third kappa shape index (κ3) is 3.17. The second kappa shape index (κ2) is 6.04. The molecule has 0 bridgehead atoms. The zero-order chi connectivity index (χ0) is 15.4. The standard InChI is InChI=1S/C15H14N2O4/c1-9-4-3-7-16-13(9)14(18)17-11-8-10(15(19)20)5-6-12(11)21-2/h3-8H,1-2H3,(H,17,18)(H,19,20). The van der Waals surface area contributed by atoms with Gasteiger partial charge in [-0.1, -0.05) is 6.07 Å². The van der Waals surface area contributed by atoms with Crippen LogP contribution in [0.4, 0.5) is 5.69 Å². The molecule has 0 saturated heterocycles. The Morgan fingerprint density at radius 2 is 2.05 bits per heavy atom. The van der Waals surface area contributed by atoms with E-state index >= 15 is 0 Å². The monoisotopic (exact) mass is 286 g/mol. The van der Waals surface area contributed by atoms with Crippen molar-refractivity contribution in [3.05, 3.63) is 53.3 Å². The molecule has 0 unspecified atom stereocenters. The van der Waals surface area contributed by atoms with Crippen molar-refractivity contribution in [3.63, 3.8) is 0 Å². The number of hydrogen-bond acceptors (Lipinski definition) is 4. The van der Waals surface area contributed by atoms with E-state index in [1.165, 1.54) is 31.5 Å². The number of aromatic carboxylic acids is 1. The first-order valence-corrected chi connectivity index (χ1v) is 6.17. The Morgan fingerprint density at radius 3 is 2.67 bits per heavy atom. The molecule has 0 radical (unpaired) electrons. The summed E-state index contributed by atoms with van der Waals surface area (Å²) < 4.78 is 5.12. The molecule has 6 nitrogen and oxygen atoms in total. The fourth-order valence-electron chi connectivity index (χ4n) is 1.84. The number of carbonyl (C=O) groups excluding carboxylic acids is 1. The van der Waals surface area contributed by atoms with E-state index in [1.807, 2.05) is 0 Å². The van der Waals surface area contributed by atoms with Crippen LogP contribution < -0.4 is 10.1 Å². The van der Waals surface area contributed by atoms with Gasteiger partial charge in [-0.2, -0.15) is 0 Å². The number of aryl methyl sites for hydroxylation is 1. The zero-order valence-electron chi connectivity index (χ0n) is 11.6. The van der Waals surface area contributed by atoms with Gasteiger partial charge in [-0.3, -0.25) is 9.78 Å². The van der Waals surface area contributed by atoms with Crippen molar-refractivity contribution in [1.29, 1.82) is 0 Å². The first-order valence-electron chi connectivity index (χ1n) is 6.17. The first kappa shape index (κ1) is 14.5. The Bertz CT molecular complexity index is 698. The number of nitrogens with zero attached hydrogens (tertiary/aromatic N) is 1. The highest BCUT2D eigenvalue weighted by Gasteiger charge is 2.15. The van der Waals surface area contributed by atoms with Crippen LogP contribution in [0.1, 0.15) is 26.4 Å². The Labute approximate surface area is 121 Å². The van der Waals surface area contributed by atoms with E-state index in [4.69, 9.17) is 9.84 Å². The second-order valence-corrected chi connectivity index (χ2v) is 4.34. The number of rotatable bonds is 4. The van der Waals surface area contributed by atoms with Gasteiger partial charge in [0.1, 0.15) is 11.4 Å². The summed E-state index contributed by atoms with van der Waals surface area (Å²) in [6.07, 6.45) is 1.52. The maximum atomic E-state index is 12.2. The number of benzene rings is 1. The van der Waals surface area contributed by atoms with Crippen LogP contribution in [0.2, 0.25) is 0 Å². The number of hydrogen-bond donors (Lipinski definition) is 2. The number of nitrogens with one attached hydrogen (secondary N) is 1. The molecule has 6 heteroatoms. The molecule has 2 aromatic rings. The summed E-state index contributed by atoms with van der Waals surface area (Å²) in [5.41, 5.74) is 1.35. The number of aromatic nitrogens is 1. The van der Waals surface area contributed by atoms with E-state index < -0.39 is 11.9 Å². The topological polar surface area (TPSA) is 88.5 Å². The lowest BCUT2D eigenvalue weighted by Crippen LogP contribution is -2.16. The molecule has 0 spiro atoms. The zero-order valence-corrected chi connectivity index (χ0v) is 11.6. The quantitative estimate of drug-likeness (QED) is 0.900. The minimum absolute atomic E-state index is 0.0591. The van der Waals surface area contributed by atoms with Crippen molar-refractivity contribution in [2.75, 3.05) is 12.4 Å². The van der Waals surface area contributed by atoms with Crippen molar-refractivity contribution < 1.29 is 19.4 Å². The summed E-state index contributed by atoms with van der Waals surface area (Å²) in [4.78, 5) is 27.2. The number of carboxylic acids is 1. The molecule has 2 N–H and O–H groups in total. The van der Waals surface area contributed by atoms with Gasteiger partial charge in [0.2, 0.25) is 0 Å². The molecule has 0 aliphatic rings. The Balaban J connectivity index is 2.34. The van der Waals surface area contributed by atoms with Crippen molar-refractivity contribution in [2.45, 2.75) is 6.92 Å². The van der Waals surface area contributed by atoms with Gasteiger partial charge in [0, 0.05) is 6.20 Å². The van der Waals surface area contributed by atoms with E-state index in [0.717, 1.165) is 5.56 Å². The molecule has 1 aromatic heterocycles. The molecular weight excluding hydrogens is 272 g/mol. The molecule has 0 saturated carbocycles. The third-order valence-electron chi connectivity index (χ3n) is 2.92. The SMILES string of the molecule is COc1ccc(C(=O)O)cc1NC(=O)c1ncccc1C. The number of pyridine rings is 1. The van der Waals surface area contributed by atoms with Gasteiger partial charge in [0.15, 0.2) is 0 Å². The van der Waals surface area contributed by atoms with E-state index in [2.05, 4.69) is 10.3 Å². The maximum Gasteiger partial charge on any atom is 0.335 e. The number of carbonyl (C=O) groups is 2. The van der Waals surface area contributed by atoms with Gasteiger partial charge in [0.25, 0.3) is 5.91 Å². The third-order valence-corrected chi connectivity index (χ3v) is 2.92. The van der Waals surface area contributed by atoms with Crippen LogP contribution in [0.3, 0.4) is 0 Å². The summed E-state index contributed by atoms with van der Waals surface area (Å²) in [6.45, 7) is 1.77. The molecule has 0 aliphatic carbocycles. The van der Waals surface area contributed by atoms with Crippen LogP contribution in [0.15, 0.2) is 36.5 Å². The summed E-state index contributed by atoms with van der Waals surface area (Å²) in [7, 11) is 1.44. The van der Waals surface area contributed by atoms with Gasteiger partial charge >= 0.3 is 5.97 Å². The van der Waals surface area contributed by atoms with Crippen molar-refractivity contribution in [1.82, 2.24) is 4.98 Å². The molecule has 0 fully saturated rings. The molecule has 1 heterocycles. The second-order valence-electron chi connectivity index (χ2n) is 4.34. The number of ether oxygens (including phenoxy) is 1. The summed E-state index contributed by atoms with van der Waals surface area (Å²) in [6, 6.07) is 7.75. The average Bonchev–Trinajstić information content (AvgIpc) is 2.47. The number of anilines is 1. The van der Waals surface area contributed by atoms with E-state index in [1.54, 1.807) is 19.1 Å². The van der Waals surface area contributed by atoms with Crippen molar-refractivity contribution in [3.8, 4) is 5.75 Å². The van der Waals surface area contributed by atoms with E-state index in [0.29, 0.717) is 5.75 Å². The molecule has 0 atom stereocenters. The van der Waals surface area contributed by atoms with Gasteiger partial charge < -0.3 is 15.2 Å². The lowest BCUT2D eigenvalue weighted by atomic mass is 10.1. The predicted octanol–water partition coefficient (Wildman–Crippen LogP) is 2.35. The molecule has 0 aliphatic heterocycles. The van der Waals surface area contributed by atoms with Crippen LogP contribution in [-0.2, 0) is 0 Å². The van der Waals surface area contributed by atoms with Crippen LogP contribution in [0.25, 0.3) is 0 Å². The highest BCUT2D eigenvalue weighted by molar-refractivity contribution is 6.05. The molecular formula is C15H14N2O4. The van der Waals surface area contributed by atoms with E-state index in [-0.39, 0.29) is 16.9 Å². The predicted molar refractivity (Wildman–Crippen MR) is 76.9 cm³/mol. The molecule has 108 valence electrons. The lowest BCUT2D eigenvalue weighted by molar-refractivity contribution is 0.0696. The highest BCUT2D eigenvalue weighted by atomic mass is 16.5. The average molecular weight is 286 g/mol. The van der Waals surface area contributed by atoms with Crippen LogP contribution in [0.5, 0.6) is 5.75 Å². The summed E-state index contributed by atoms with van der Waals surface area (Å²) in [5, 5.41) is 11.6. The van der Waals surface area contributed by atoms with Crippen molar-refractivity contribution >= 4 is 17.6 Å². The summed E-state index contributed by atoms with van der Waals surface area (Å²) >= 11 is 0. The molecule has 21 heavy (non-hydrogen) atoms. The Kier molecular flexibility index (Phi) is 4.18. The fraction of sp³-hybridized carbons (Fsp3) is 0.133. The maximum absolute atomic E-state index is 12.2.